The van der Waals surface area contributed by atoms with Crippen molar-refractivity contribution in [3.8, 4) is 0 Å². The summed E-state index contributed by atoms with van der Waals surface area (Å²) in [5.41, 5.74) is -2.02. The molecule has 0 aliphatic carbocycles. The van der Waals surface area contributed by atoms with E-state index in [2.05, 4.69) is 15.9 Å². The van der Waals surface area contributed by atoms with E-state index in [1.165, 1.54) is 18.2 Å². The summed E-state index contributed by atoms with van der Waals surface area (Å²) in [5, 5.41) is 10.6. The zero-order valence-corrected chi connectivity index (χ0v) is 11.4. The lowest BCUT2D eigenvalue weighted by Crippen LogP contribution is -2.31. The summed E-state index contributed by atoms with van der Waals surface area (Å²) in [7, 11) is 0. The third kappa shape index (κ3) is 2.82. The van der Waals surface area contributed by atoms with Crippen molar-refractivity contribution in [2.24, 2.45) is 0 Å². The summed E-state index contributed by atoms with van der Waals surface area (Å²) < 4.78 is 14.3. The zero-order valence-electron chi connectivity index (χ0n) is 9.80. The highest BCUT2D eigenvalue weighted by Gasteiger charge is 2.15. The molecule has 0 aliphatic rings. The molecule has 0 aliphatic heterocycles. The molecule has 0 bridgehead atoms. The van der Waals surface area contributed by atoms with Crippen molar-refractivity contribution in [2.45, 2.75) is 6.54 Å². The van der Waals surface area contributed by atoms with E-state index < -0.39 is 27.7 Å². The van der Waals surface area contributed by atoms with Crippen molar-refractivity contribution in [1.82, 2.24) is 9.55 Å². The molecule has 0 unspecified atom stereocenters. The third-order valence-corrected chi connectivity index (χ3v) is 3.13. The largest absolute Gasteiger partial charge is 0.350 e. The molecule has 1 aromatic heterocycles. The normalized spacial score (nSPS) is 10.5. The number of H-pyrrole nitrogens is 1. The molecule has 104 valence electrons. The number of aromatic nitrogens is 2. The first-order valence-electron chi connectivity index (χ1n) is 5.30. The predicted octanol–water partition coefficient (Wildman–Crippen LogP) is 1.39. The molecule has 0 atom stereocenters. The number of hydrogen-bond donors (Lipinski definition) is 1. The van der Waals surface area contributed by atoms with Crippen molar-refractivity contribution in [2.75, 3.05) is 0 Å². The molecule has 0 radical (unpaired) electrons. The second kappa shape index (κ2) is 5.37. The van der Waals surface area contributed by atoms with Gasteiger partial charge in [0.25, 0.3) is 0 Å². The quantitative estimate of drug-likeness (QED) is 0.672. The Labute approximate surface area is 119 Å². The maximum atomic E-state index is 13.1. The summed E-state index contributed by atoms with van der Waals surface area (Å²) in [6.45, 7) is -0.0324. The fraction of sp³-hybridized carbons (Fsp3) is 0.0909. The minimum Gasteiger partial charge on any atom is -0.289 e. The molecule has 1 heterocycles. The van der Waals surface area contributed by atoms with Crippen molar-refractivity contribution in [3.63, 3.8) is 0 Å². The molecule has 0 spiro atoms. The summed E-state index contributed by atoms with van der Waals surface area (Å²) in [5.74, 6) is -0.464. The van der Waals surface area contributed by atoms with E-state index in [9.17, 15) is 24.1 Å². The molecule has 0 amide bonds. The fourth-order valence-corrected chi connectivity index (χ4v) is 2.01. The minimum atomic E-state index is -1.06. The average molecular weight is 344 g/mol. The van der Waals surface area contributed by atoms with E-state index in [1.54, 1.807) is 0 Å². The van der Waals surface area contributed by atoms with Crippen molar-refractivity contribution in [3.05, 3.63) is 71.2 Å². The Hall–Kier alpha value is -2.29. The zero-order chi connectivity index (χ0) is 14.9. The first kappa shape index (κ1) is 14.1. The first-order valence-corrected chi connectivity index (χ1v) is 6.10. The number of halogens is 2. The Balaban J connectivity index is 2.45. The average Bonchev–Trinajstić information content (AvgIpc) is 2.36. The highest BCUT2D eigenvalue weighted by molar-refractivity contribution is 9.10. The molecule has 0 saturated heterocycles. The van der Waals surface area contributed by atoms with Gasteiger partial charge in [0.05, 0.1) is 22.1 Å². The van der Waals surface area contributed by atoms with Crippen LogP contribution in [0.5, 0.6) is 0 Å². The van der Waals surface area contributed by atoms with Crippen LogP contribution in [0.15, 0.2) is 38.5 Å². The van der Waals surface area contributed by atoms with Gasteiger partial charge in [-0.2, -0.15) is 0 Å². The predicted molar refractivity (Wildman–Crippen MR) is 71.2 cm³/mol. The number of rotatable bonds is 3. The van der Waals surface area contributed by atoms with Crippen LogP contribution < -0.4 is 11.2 Å². The van der Waals surface area contributed by atoms with Gasteiger partial charge in [-0.3, -0.25) is 24.5 Å². The maximum Gasteiger partial charge on any atom is 0.350 e. The maximum absolute atomic E-state index is 13.1. The summed E-state index contributed by atoms with van der Waals surface area (Å²) >= 11 is 3.00. The topological polar surface area (TPSA) is 98.0 Å². The molecule has 9 heteroatoms. The van der Waals surface area contributed by atoms with Crippen LogP contribution in [0.2, 0.25) is 0 Å². The van der Waals surface area contributed by atoms with E-state index in [1.807, 2.05) is 4.98 Å². The molecule has 1 N–H and O–H groups in total. The Morgan fingerprint density at radius 2 is 2.10 bits per heavy atom. The van der Waals surface area contributed by atoms with Crippen LogP contribution in [-0.2, 0) is 6.54 Å². The number of aromatic amines is 1. The van der Waals surface area contributed by atoms with E-state index >= 15 is 0 Å². The monoisotopic (exact) mass is 343 g/mol. The molecule has 20 heavy (non-hydrogen) atoms. The van der Waals surface area contributed by atoms with Crippen LogP contribution in [0.25, 0.3) is 0 Å². The van der Waals surface area contributed by atoms with E-state index in [0.717, 1.165) is 10.8 Å². The van der Waals surface area contributed by atoms with Crippen LogP contribution in [0, 0.1) is 15.9 Å². The highest BCUT2D eigenvalue weighted by atomic mass is 79.9. The van der Waals surface area contributed by atoms with Crippen LogP contribution in [0.4, 0.5) is 10.1 Å². The molecule has 0 saturated carbocycles. The molecular formula is C11H7BrFN3O4. The van der Waals surface area contributed by atoms with E-state index in [0.29, 0.717) is 5.56 Å². The number of hydrogen-bond acceptors (Lipinski definition) is 4. The van der Waals surface area contributed by atoms with Gasteiger partial charge in [0.2, 0.25) is 0 Å². The lowest BCUT2D eigenvalue weighted by atomic mass is 10.2. The van der Waals surface area contributed by atoms with Gasteiger partial charge in [-0.1, -0.05) is 6.07 Å². The Morgan fingerprint density at radius 3 is 2.70 bits per heavy atom. The standard InChI is InChI=1S/C11H7BrFN3O4/c12-7-3-6(1-2-8(7)13)4-15-5-9(16(19)20)10(17)14-11(15)18/h1-3,5H,4H2,(H,14,17,18). The van der Waals surface area contributed by atoms with Crippen molar-refractivity contribution < 1.29 is 9.31 Å². The molecule has 2 aromatic rings. The molecule has 7 nitrogen and oxygen atoms in total. The third-order valence-electron chi connectivity index (χ3n) is 2.53. The van der Waals surface area contributed by atoms with Gasteiger partial charge in [-0.15, -0.1) is 0 Å². The Morgan fingerprint density at radius 1 is 1.40 bits per heavy atom. The van der Waals surface area contributed by atoms with Gasteiger partial charge in [-0.05, 0) is 33.6 Å². The second-order valence-corrected chi connectivity index (χ2v) is 4.76. The van der Waals surface area contributed by atoms with E-state index in [-0.39, 0.29) is 11.0 Å². The van der Waals surface area contributed by atoms with Crippen LogP contribution in [0.3, 0.4) is 0 Å². The lowest BCUT2D eigenvalue weighted by Gasteiger charge is -2.05. The molecule has 1 aromatic carbocycles. The lowest BCUT2D eigenvalue weighted by molar-refractivity contribution is -0.386. The van der Waals surface area contributed by atoms with Gasteiger partial charge >= 0.3 is 16.9 Å². The summed E-state index contributed by atoms with van der Waals surface area (Å²) in [4.78, 5) is 34.4. The van der Waals surface area contributed by atoms with Gasteiger partial charge in [0, 0.05) is 0 Å². The van der Waals surface area contributed by atoms with E-state index in [4.69, 9.17) is 0 Å². The van der Waals surface area contributed by atoms with Gasteiger partial charge < -0.3 is 0 Å². The molecule has 2 rings (SSSR count). The molecular weight excluding hydrogens is 337 g/mol. The highest BCUT2D eigenvalue weighted by Crippen LogP contribution is 2.17. The minimum absolute atomic E-state index is 0.0324. The number of nitrogens with one attached hydrogen (secondary N) is 1. The first-order chi connectivity index (χ1) is 9.38. The summed E-state index contributed by atoms with van der Waals surface area (Å²) in [6.07, 6.45) is 0.860. The summed E-state index contributed by atoms with van der Waals surface area (Å²) in [6, 6.07) is 4.08. The Bertz CT molecular complexity index is 799. The second-order valence-electron chi connectivity index (χ2n) is 3.91. The number of nitro groups is 1. The Kier molecular flexibility index (Phi) is 3.79. The number of nitrogens with zero attached hydrogens (tertiary/aromatic N) is 2. The van der Waals surface area contributed by atoms with Crippen molar-refractivity contribution >= 4 is 21.6 Å². The van der Waals surface area contributed by atoms with Gasteiger partial charge in [0.15, 0.2) is 0 Å². The van der Waals surface area contributed by atoms with Crippen LogP contribution >= 0.6 is 15.9 Å². The number of benzene rings is 1. The van der Waals surface area contributed by atoms with Gasteiger partial charge in [0.1, 0.15) is 5.82 Å². The fourth-order valence-electron chi connectivity index (χ4n) is 1.58. The molecule has 0 fully saturated rings. The van der Waals surface area contributed by atoms with Gasteiger partial charge in [-0.25, -0.2) is 9.18 Å². The van der Waals surface area contributed by atoms with Crippen LogP contribution in [-0.4, -0.2) is 14.5 Å². The van der Waals surface area contributed by atoms with Crippen molar-refractivity contribution in [1.29, 1.82) is 0 Å². The van der Waals surface area contributed by atoms with Crippen LogP contribution in [0.1, 0.15) is 5.56 Å². The smallest absolute Gasteiger partial charge is 0.289 e. The SMILES string of the molecule is O=c1[nH]c(=O)n(Cc2ccc(F)c(Br)c2)cc1[N+](=O)[O-].